The van der Waals surface area contributed by atoms with Crippen molar-refractivity contribution in [3.63, 3.8) is 0 Å². The first kappa shape index (κ1) is 17.0. The number of benzene rings is 2. The fourth-order valence-electron chi connectivity index (χ4n) is 2.31. The minimum Gasteiger partial charge on any atom is -0.497 e. The molecule has 0 aliphatic carbocycles. The molecular weight excluding hydrogens is 336 g/mol. The van der Waals surface area contributed by atoms with Gasteiger partial charge in [-0.15, -0.1) is 0 Å². The summed E-state index contributed by atoms with van der Waals surface area (Å²) in [6, 6.07) is 17.3. The number of nitrogens with one attached hydrogen (secondary N) is 2. The lowest BCUT2D eigenvalue weighted by molar-refractivity contribution is 0.414. The summed E-state index contributed by atoms with van der Waals surface area (Å²) in [4.78, 5) is 8.71. The first-order valence-electron chi connectivity index (χ1n) is 7.95. The van der Waals surface area contributed by atoms with E-state index in [4.69, 9.17) is 16.3 Å². The molecule has 0 unspecified atom stereocenters. The summed E-state index contributed by atoms with van der Waals surface area (Å²) in [6.45, 7) is 0.747. The van der Waals surface area contributed by atoms with Crippen molar-refractivity contribution in [3.05, 3.63) is 71.4 Å². The molecule has 0 amide bonds. The van der Waals surface area contributed by atoms with Gasteiger partial charge in [0.1, 0.15) is 11.6 Å². The van der Waals surface area contributed by atoms with Crippen LogP contribution in [0.15, 0.2) is 60.8 Å². The number of rotatable bonds is 7. The fourth-order valence-corrected chi connectivity index (χ4v) is 2.43. The lowest BCUT2D eigenvalue weighted by Gasteiger charge is -2.09. The van der Waals surface area contributed by atoms with Crippen molar-refractivity contribution < 1.29 is 4.74 Å². The average molecular weight is 355 g/mol. The van der Waals surface area contributed by atoms with E-state index in [0.29, 0.717) is 11.0 Å². The third-order valence-corrected chi connectivity index (χ3v) is 3.88. The molecular formula is C19H19ClN4O. The van der Waals surface area contributed by atoms with E-state index in [1.807, 2.05) is 42.5 Å². The third-order valence-electron chi connectivity index (χ3n) is 3.63. The molecule has 25 heavy (non-hydrogen) atoms. The van der Waals surface area contributed by atoms with E-state index in [0.717, 1.165) is 30.2 Å². The van der Waals surface area contributed by atoms with Gasteiger partial charge in [0, 0.05) is 23.5 Å². The Kier molecular flexibility index (Phi) is 5.69. The molecule has 2 aromatic carbocycles. The van der Waals surface area contributed by atoms with E-state index in [1.165, 1.54) is 5.56 Å². The van der Waals surface area contributed by atoms with Crippen LogP contribution in [0.4, 0.5) is 17.5 Å². The zero-order valence-corrected chi connectivity index (χ0v) is 14.6. The summed E-state index contributed by atoms with van der Waals surface area (Å²) in [7, 11) is 1.67. The lowest BCUT2D eigenvalue weighted by Crippen LogP contribution is -2.08. The maximum atomic E-state index is 5.89. The Bertz CT molecular complexity index is 806. The van der Waals surface area contributed by atoms with Crippen molar-refractivity contribution >= 4 is 29.1 Å². The van der Waals surface area contributed by atoms with Crippen molar-refractivity contribution in [3.8, 4) is 5.75 Å². The van der Waals surface area contributed by atoms with Crippen LogP contribution in [-0.4, -0.2) is 23.6 Å². The Balaban J connectivity index is 1.55. The van der Waals surface area contributed by atoms with Gasteiger partial charge < -0.3 is 15.4 Å². The van der Waals surface area contributed by atoms with Crippen LogP contribution in [0.25, 0.3) is 0 Å². The number of methoxy groups -OCH3 is 1. The number of nitrogens with zero attached hydrogens (tertiary/aromatic N) is 2. The summed E-state index contributed by atoms with van der Waals surface area (Å²) in [5.74, 6) is 2.18. The van der Waals surface area contributed by atoms with E-state index < -0.39 is 0 Å². The second-order valence-corrected chi connectivity index (χ2v) is 5.86. The largest absolute Gasteiger partial charge is 0.497 e. The Labute approximate surface area is 152 Å². The molecule has 0 saturated carbocycles. The molecule has 1 aromatic heterocycles. The molecule has 3 aromatic rings. The van der Waals surface area contributed by atoms with Crippen molar-refractivity contribution in [1.82, 2.24) is 9.97 Å². The van der Waals surface area contributed by atoms with Crippen molar-refractivity contribution in [1.29, 1.82) is 0 Å². The van der Waals surface area contributed by atoms with Gasteiger partial charge in [0.2, 0.25) is 5.95 Å². The van der Waals surface area contributed by atoms with Gasteiger partial charge in [-0.25, -0.2) is 4.98 Å². The SMILES string of the molecule is COc1ccc(CCNc2nccc(Nc3ccc(Cl)cc3)n2)cc1. The summed E-state index contributed by atoms with van der Waals surface area (Å²) >= 11 is 5.89. The van der Waals surface area contributed by atoms with Gasteiger partial charge >= 0.3 is 0 Å². The van der Waals surface area contributed by atoms with Gasteiger partial charge in [0.15, 0.2) is 0 Å². The van der Waals surface area contributed by atoms with Gasteiger partial charge in [0.25, 0.3) is 0 Å². The Hall–Kier alpha value is -2.79. The highest BCUT2D eigenvalue weighted by molar-refractivity contribution is 6.30. The number of ether oxygens (including phenoxy) is 1. The molecule has 128 valence electrons. The van der Waals surface area contributed by atoms with Crippen LogP contribution in [0, 0.1) is 0 Å². The van der Waals surface area contributed by atoms with Gasteiger partial charge in [-0.2, -0.15) is 4.98 Å². The zero-order valence-electron chi connectivity index (χ0n) is 13.9. The van der Waals surface area contributed by atoms with Crippen LogP contribution in [0.5, 0.6) is 5.75 Å². The summed E-state index contributed by atoms with van der Waals surface area (Å²) in [5.41, 5.74) is 2.15. The summed E-state index contributed by atoms with van der Waals surface area (Å²) in [5, 5.41) is 7.17. The van der Waals surface area contributed by atoms with Crippen molar-refractivity contribution in [2.45, 2.75) is 6.42 Å². The molecule has 0 aliphatic rings. The quantitative estimate of drug-likeness (QED) is 0.652. The second kappa shape index (κ2) is 8.35. The van der Waals surface area contributed by atoms with E-state index in [-0.39, 0.29) is 0 Å². The lowest BCUT2D eigenvalue weighted by atomic mass is 10.1. The van der Waals surface area contributed by atoms with Crippen molar-refractivity contribution in [2.75, 3.05) is 24.3 Å². The highest BCUT2D eigenvalue weighted by Gasteiger charge is 2.01. The van der Waals surface area contributed by atoms with Gasteiger partial charge in [-0.05, 0) is 54.4 Å². The first-order chi connectivity index (χ1) is 12.2. The van der Waals surface area contributed by atoms with Gasteiger partial charge in [0.05, 0.1) is 7.11 Å². The molecule has 0 fully saturated rings. The maximum absolute atomic E-state index is 5.89. The molecule has 0 saturated heterocycles. The predicted molar refractivity (Wildman–Crippen MR) is 102 cm³/mol. The minimum atomic E-state index is 0.590. The van der Waals surface area contributed by atoms with Crippen molar-refractivity contribution in [2.24, 2.45) is 0 Å². The molecule has 0 spiro atoms. The third kappa shape index (κ3) is 5.09. The van der Waals surface area contributed by atoms with Crippen LogP contribution < -0.4 is 15.4 Å². The number of hydrogen-bond acceptors (Lipinski definition) is 5. The highest BCUT2D eigenvalue weighted by atomic mass is 35.5. The topological polar surface area (TPSA) is 59.1 Å². The highest BCUT2D eigenvalue weighted by Crippen LogP contribution is 2.18. The van der Waals surface area contributed by atoms with Crippen LogP contribution in [0.3, 0.4) is 0 Å². The van der Waals surface area contributed by atoms with Gasteiger partial charge in [-0.1, -0.05) is 23.7 Å². The smallest absolute Gasteiger partial charge is 0.224 e. The number of aromatic nitrogens is 2. The van der Waals surface area contributed by atoms with Crippen LogP contribution in [-0.2, 0) is 6.42 Å². The van der Waals surface area contributed by atoms with E-state index in [2.05, 4.69) is 32.7 Å². The Morgan fingerprint density at radius 2 is 1.76 bits per heavy atom. The molecule has 5 nitrogen and oxygen atoms in total. The molecule has 0 atom stereocenters. The summed E-state index contributed by atoms with van der Waals surface area (Å²) in [6.07, 6.45) is 2.60. The monoisotopic (exact) mass is 354 g/mol. The normalized spacial score (nSPS) is 10.3. The summed E-state index contributed by atoms with van der Waals surface area (Å²) < 4.78 is 5.16. The molecule has 2 N–H and O–H groups in total. The average Bonchev–Trinajstić information content (AvgIpc) is 2.65. The fraction of sp³-hybridized carbons (Fsp3) is 0.158. The van der Waals surface area contributed by atoms with E-state index in [1.54, 1.807) is 13.3 Å². The number of anilines is 3. The first-order valence-corrected chi connectivity index (χ1v) is 8.33. The molecule has 6 heteroatoms. The van der Waals surface area contributed by atoms with Gasteiger partial charge in [-0.3, -0.25) is 0 Å². The van der Waals surface area contributed by atoms with Crippen LogP contribution in [0.2, 0.25) is 5.02 Å². The van der Waals surface area contributed by atoms with E-state index in [9.17, 15) is 0 Å². The minimum absolute atomic E-state index is 0.590. The molecule has 0 bridgehead atoms. The second-order valence-electron chi connectivity index (χ2n) is 5.42. The Morgan fingerprint density at radius 1 is 1.00 bits per heavy atom. The van der Waals surface area contributed by atoms with Crippen LogP contribution in [0.1, 0.15) is 5.56 Å². The molecule has 3 rings (SSSR count). The molecule has 1 heterocycles. The Morgan fingerprint density at radius 3 is 2.48 bits per heavy atom. The molecule has 0 radical (unpaired) electrons. The standard InChI is InChI=1S/C19H19ClN4O/c1-25-17-8-2-14(3-9-17)10-12-21-19-22-13-11-18(24-19)23-16-6-4-15(20)5-7-16/h2-9,11,13H,10,12H2,1H3,(H2,21,22,23,24). The number of hydrogen-bond donors (Lipinski definition) is 2. The van der Waals surface area contributed by atoms with Crippen LogP contribution >= 0.6 is 11.6 Å². The predicted octanol–water partition coefficient (Wildman–Crippen LogP) is 4.54. The maximum Gasteiger partial charge on any atom is 0.224 e. The van der Waals surface area contributed by atoms with E-state index >= 15 is 0 Å². The molecule has 0 aliphatic heterocycles. The zero-order chi connectivity index (χ0) is 17.5. The number of halogens is 1.